The fourth-order valence-corrected chi connectivity index (χ4v) is 0.496. The number of hydroxylamine groups is 2. The smallest absolute Gasteiger partial charge is 0.329 e. The van der Waals surface area contributed by atoms with Crippen LogP contribution in [0.3, 0.4) is 0 Å². The van der Waals surface area contributed by atoms with Gasteiger partial charge in [-0.25, -0.2) is 0 Å². The molecule has 0 saturated carbocycles. The average molecular weight is 166 g/mol. The summed E-state index contributed by atoms with van der Waals surface area (Å²) >= 11 is 5.15. The number of halogens is 1. The summed E-state index contributed by atoms with van der Waals surface area (Å²) in [7, 11) is 1.33. The maximum Gasteiger partial charge on any atom is 0.329 e. The van der Waals surface area contributed by atoms with Gasteiger partial charge in [-0.1, -0.05) is 0 Å². The molecule has 10 heavy (non-hydrogen) atoms. The molecular formula is C5H8ClNO3. The van der Waals surface area contributed by atoms with Crippen molar-refractivity contribution in [1.82, 2.24) is 5.06 Å². The van der Waals surface area contributed by atoms with Crippen LogP contribution >= 0.6 is 11.6 Å². The molecule has 0 heterocycles. The minimum Gasteiger partial charge on any atom is -0.339 e. The maximum absolute atomic E-state index is 10.6. The first-order chi connectivity index (χ1) is 4.57. The molecule has 0 bridgehead atoms. The lowest BCUT2D eigenvalue weighted by atomic mass is 10.7. The summed E-state index contributed by atoms with van der Waals surface area (Å²) < 4.78 is 0. The number of carbonyl (C=O) groups excluding carboxylic acids is 2. The second kappa shape index (κ2) is 4.11. The molecule has 0 aliphatic carbocycles. The Hall–Kier alpha value is -0.770. The van der Waals surface area contributed by atoms with Crippen molar-refractivity contribution in [1.29, 1.82) is 0 Å². The summed E-state index contributed by atoms with van der Waals surface area (Å²) in [6.45, 7) is 1.21. The molecule has 5 heteroatoms. The van der Waals surface area contributed by atoms with E-state index in [-0.39, 0.29) is 5.88 Å². The molecule has 0 aromatic rings. The Balaban J connectivity index is 3.72. The summed E-state index contributed by atoms with van der Waals surface area (Å²) in [5.74, 6) is -1.18. The van der Waals surface area contributed by atoms with Crippen LogP contribution < -0.4 is 0 Å². The Morgan fingerprint density at radius 1 is 1.60 bits per heavy atom. The van der Waals surface area contributed by atoms with Crippen LogP contribution in [0.2, 0.25) is 0 Å². The van der Waals surface area contributed by atoms with Gasteiger partial charge in [0.05, 0.1) is 0 Å². The van der Waals surface area contributed by atoms with Crippen molar-refractivity contribution in [3.8, 4) is 0 Å². The number of hydrogen-bond donors (Lipinski definition) is 0. The summed E-state index contributed by atoms with van der Waals surface area (Å²) in [6.07, 6.45) is 0. The summed E-state index contributed by atoms with van der Waals surface area (Å²) in [4.78, 5) is 25.1. The van der Waals surface area contributed by atoms with Crippen LogP contribution in [-0.4, -0.2) is 29.9 Å². The number of rotatable bonds is 1. The van der Waals surface area contributed by atoms with Gasteiger partial charge in [0.1, 0.15) is 5.88 Å². The standard InChI is InChI=1S/C5H8ClNO3/c1-4(8)10-7(2)5(9)3-6/h3H2,1-2H3. The predicted octanol–water partition coefficient (Wildman–Crippen LogP) is 0.162. The Morgan fingerprint density at radius 2 is 2.10 bits per heavy atom. The minimum atomic E-state index is -0.541. The Labute approximate surface area is 63.7 Å². The third-order valence-electron chi connectivity index (χ3n) is 0.731. The molecule has 0 N–H and O–H groups in total. The van der Waals surface area contributed by atoms with Crippen LogP contribution in [0.5, 0.6) is 0 Å². The molecule has 0 aromatic carbocycles. The van der Waals surface area contributed by atoms with Gasteiger partial charge in [0.15, 0.2) is 0 Å². The molecular weight excluding hydrogens is 158 g/mol. The van der Waals surface area contributed by atoms with Gasteiger partial charge in [-0.15, -0.1) is 11.6 Å². The summed E-state index contributed by atoms with van der Waals surface area (Å²) in [6, 6.07) is 0. The third kappa shape index (κ3) is 3.29. The molecule has 0 fully saturated rings. The Bertz CT molecular complexity index is 148. The van der Waals surface area contributed by atoms with Gasteiger partial charge < -0.3 is 4.84 Å². The predicted molar refractivity (Wildman–Crippen MR) is 35.3 cm³/mol. The number of carbonyl (C=O) groups is 2. The number of nitrogens with zero attached hydrogens (tertiary/aromatic N) is 1. The van der Waals surface area contributed by atoms with Crippen molar-refractivity contribution >= 4 is 23.5 Å². The molecule has 0 aromatic heterocycles. The van der Waals surface area contributed by atoms with E-state index in [4.69, 9.17) is 11.6 Å². The highest BCUT2D eigenvalue weighted by Crippen LogP contribution is 1.89. The van der Waals surface area contributed by atoms with Crippen molar-refractivity contribution < 1.29 is 14.4 Å². The zero-order valence-electron chi connectivity index (χ0n) is 5.76. The highest BCUT2D eigenvalue weighted by atomic mass is 35.5. The lowest BCUT2D eigenvalue weighted by molar-refractivity contribution is -0.189. The van der Waals surface area contributed by atoms with Gasteiger partial charge in [0.2, 0.25) is 0 Å². The van der Waals surface area contributed by atoms with E-state index >= 15 is 0 Å². The van der Waals surface area contributed by atoms with E-state index in [9.17, 15) is 9.59 Å². The van der Waals surface area contributed by atoms with Crippen LogP contribution in [-0.2, 0) is 14.4 Å². The van der Waals surface area contributed by atoms with Gasteiger partial charge >= 0.3 is 5.97 Å². The van der Waals surface area contributed by atoms with E-state index < -0.39 is 11.9 Å². The van der Waals surface area contributed by atoms with E-state index in [2.05, 4.69) is 4.84 Å². The first-order valence-electron chi connectivity index (χ1n) is 2.59. The Morgan fingerprint density at radius 3 is 2.40 bits per heavy atom. The lowest BCUT2D eigenvalue weighted by Gasteiger charge is -2.12. The Kier molecular flexibility index (Phi) is 3.79. The molecule has 0 aliphatic heterocycles. The molecule has 0 radical (unpaired) electrons. The number of alkyl halides is 1. The fraction of sp³-hybridized carbons (Fsp3) is 0.600. The first kappa shape index (κ1) is 9.23. The van der Waals surface area contributed by atoms with Gasteiger partial charge in [-0.2, -0.15) is 5.06 Å². The van der Waals surface area contributed by atoms with Gasteiger partial charge in [-0.3, -0.25) is 9.59 Å². The van der Waals surface area contributed by atoms with Crippen molar-refractivity contribution in [2.45, 2.75) is 6.92 Å². The molecule has 1 amide bonds. The largest absolute Gasteiger partial charge is 0.339 e. The summed E-state index contributed by atoms with van der Waals surface area (Å²) in [5, 5.41) is 0.801. The second-order valence-corrected chi connectivity index (χ2v) is 1.87. The maximum atomic E-state index is 10.6. The SMILES string of the molecule is CC(=O)ON(C)C(=O)CCl. The lowest BCUT2D eigenvalue weighted by Crippen LogP contribution is -2.29. The topological polar surface area (TPSA) is 46.6 Å². The van der Waals surface area contributed by atoms with Crippen LogP contribution in [0.1, 0.15) is 6.92 Å². The number of hydrogen-bond acceptors (Lipinski definition) is 3. The molecule has 0 spiro atoms. The molecule has 0 unspecified atom stereocenters. The molecule has 58 valence electrons. The van der Waals surface area contributed by atoms with E-state index in [1.807, 2.05) is 0 Å². The monoisotopic (exact) mass is 165 g/mol. The second-order valence-electron chi connectivity index (χ2n) is 1.61. The summed E-state index contributed by atoms with van der Waals surface area (Å²) in [5.41, 5.74) is 0. The van der Waals surface area contributed by atoms with Crippen LogP contribution in [0.25, 0.3) is 0 Å². The van der Waals surface area contributed by atoms with Crippen LogP contribution in [0, 0.1) is 0 Å². The van der Waals surface area contributed by atoms with Crippen LogP contribution in [0.4, 0.5) is 0 Å². The number of amides is 1. The van der Waals surface area contributed by atoms with Gasteiger partial charge in [-0.05, 0) is 0 Å². The van der Waals surface area contributed by atoms with E-state index in [0.717, 1.165) is 5.06 Å². The zero-order valence-corrected chi connectivity index (χ0v) is 6.51. The molecule has 0 aliphatic rings. The highest BCUT2D eigenvalue weighted by molar-refractivity contribution is 6.27. The average Bonchev–Trinajstić information content (AvgIpc) is 1.85. The molecule has 0 saturated heterocycles. The van der Waals surface area contributed by atoms with Gasteiger partial charge in [0, 0.05) is 14.0 Å². The molecule has 0 atom stereocenters. The van der Waals surface area contributed by atoms with Crippen molar-refractivity contribution in [2.24, 2.45) is 0 Å². The first-order valence-corrected chi connectivity index (χ1v) is 3.12. The normalized spacial score (nSPS) is 8.70. The molecule has 4 nitrogen and oxygen atoms in total. The quantitative estimate of drug-likeness (QED) is 0.411. The van der Waals surface area contributed by atoms with E-state index in [1.54, 1.807) is 0 Å². The fourth-order valence-electron chi connectivity index (χ4n) is 0.328. The zero-order chi connectivity index (χ0) is 8.15. The highest BCUT2D eigenvalue weighted by Gasteiger charge is 2.08. The van der Waals surface area contributed by atoms with E-state index in [0.29, 0.717) is 0 Å². The van der Waals surface area contributed by atoms with E-state index in [1.165, 1.54) is 14.0 Å². The van der Waals surface area contributed by atoms with Gasteiger partial charge in [0.25, 0.3) is 5.91 Å². The molecule has 0 rings (SSSR count). The minimum absolute atomic E-state index is 0.191. The van der Waals surface area contributed by atoms with Crippen molar-refractivity contribution in [2.75, 3.05) is 12.9 Å². The van der Waals surface area contributed by atoms with Crippen molar-refractivity contribution in [3.05, 3.63) is 0 Å². The van der Waals surface area contributed by atoms with Crippen LogP contribution in [0.15, 0.2) is 0 Å². The van der Waals surface area contributed by atoms with Crippen molar-refractivity contribution in [3.63, 3.8) is 0 Å². The third-order valence-corrected chi connectivity index (χ3v) is 0.960.